The van der Waals surface area contributed by atoms with Gasteiger partial charge in [0.05, 0.1) is 7.11 Å². The van der Waals surface area contributed by atoms with E-state index >= 15 is 0 Å². The number of carboxylic acids is 1. The number of H-pyrrole nitrogens is 1. The number of Topliss-reactive ketones (excluding diaryl/α,β-unsaturated/α-hetero) is 1. The second kappa shape index (κ2) is 7.32. The molecular weight excluding hydrogens is 398 g/mol. The zero-order valence-corrected chi connectivity index (χ0v) is 16.7. The highest BCUT2D eigenvalue weighted by atomic mass is 16.5. The second-order valence-corrected chi connectivity index (χ2v) is 7.34. The number of rotatable bonds is 4. The molecule has 31 heavy (non-hydrogen) atoms. The van der Waals surface area contributed by atoms with Crippen LogP contribution in [0.4, 0.5) is 0 Å². The SMILES string of the molecule is COc1cccc2c1CN(C1=C(C(=O)O)C(=O)/C(=C/c3c[nH]c4ncccc34)O1)CC2. The molecule has 156 valence electrons. The number of allylic oxidation sites excluding steroid dienone is 1. The molecule has 0 fully saturated rings. The van der Waals surface area contributed by atoms with Crippen LogP contribution in [0, 0.1) is 0 Å². The lowest BCUT2D eigenvalue weighted by molar-refractivity contribution is -0.134. The van der Waals surface area contributed by atoms with E-state index in [1.165, 1.54) is 0 Å². The van der Waals surface area contributed by atoms with Crippen molar-refractivity contribution in [2.24, 2.45) is 0 Å². The average molecular weight is 417 g/mol. The summed E-state index contributed by atoms with van der Waals surface area (Å²) in [7, 11) is 1.60. The van der Waals surface area contributed by atoms with Crippen molar-refractivity contribution in [3.63, 3.8) is 0 Å². The van der Waals surface area contributed by atoms with Crippen molar-refractivity contribution >= 4 is 28.9 Å². The van der Waals surface area contributed by atoms with Gasteiger partial charge in [0.1, 0.15) is 11.4 Å². The molecule has 0 amide bonds. The maximum atomic E-state index is 12.9. The number of benzene rings is 1. The predicted octanol–water partition coefficient (Wildman–Crippen LogP) is 2.87. The van der Waals surface area contributed by atoms with E-state index in [4.69, 9.17) is 9.47 Å². The number of carboxylic acid groups (broad SMARTS) is 1. The van der Waals surface area contributed by atoms with Crippen LogP contribution >= 0.6 is 0 Å². The zero-order chi connectivity index (χ0) is 21.5. The van der Waals surface area contributed by atoms with Gasteiger partial charge in [-0.05, 0) is 36.3 Å². The minimum atomic E-state index is -1.31. The van der Waals surface area contributed by atoms with Gasteiger partial charge in [-0.15, -0.1) is 0 Å². The normalized spacial score (nSPS) is 17.3. The highest BCUT2D eigenvalue weighted by Gasteiger charge is 2.39. The number of carbonyl (C=O) groups is 2. The summed E-state index contributed by atoms with van der Waals surface area (Å²) in [5.74, 6) is -1.19. The van der Waals surface area contributed by atoms with Gasteiger partial charge in [0.2, 0.25) is 11.7 Å². The Morgan fingerprint density at radius 1 is 1.32 bits per heavy atom. The zero-order valence-electron chi connectivity index (χ0n) is 16.7. The summed E-state index contributed by atoms with van der Waals surface area (Å²) >= 11 is 0. The minimum absolute atomic E-state index is 0.0250. The summed E-state index contributed by atoms with van der Waals surface area (Å²) in [4.78, 5) is 33.9. The van der Waals surface area contributed by atoms with E-state index in [0.29, 0.717) is 30.7 Å². The van der Waals surface area contributed by atoms with Crippen molar-refractivity contribution < 1.29 is 24.2 Å². The quantitative estimate of drug-likeness (QED) is 0.497. The Bertz CT molecular complexity index is 1270. The van der Waals surface area contributed by atoms with Crippen LogP contribution in [0.5, 0.6) is 5.75 Å². The van der Waals surface area contributed by atoms with E-state index in [2.05, 4.69) is 9.97 Å². The third-order valence-corrected chi connectivity index (χ3v) is 5.59. The van der Waals surface area contributed by atoms with Crippen LogP contribution in [0.1, 0.15) is 16.7 Å². The summed E-state index contributed by atoms with van der Waals surface area (Å²) < 4.78 is 11.3. The number of aromatic nitrogens is 2. The fraction of sp³-hybridized carbons (Fsp3) is 0.174. The van der Waals surface area contributed by atoms with Gasteiger partial charge in [-0.3, -0.25) is 4.79 Å². The van der Waals surface area contributed by atoms with Crippen LogP contribution in [0.25, 0.3) is 17.1 Å². The summed E-state index contributed by atoms with van der Waals surface area (Å²) in [6.07, 6.45) is 5.62. The molecule has 0 radical (unpaired) electrons. The summed E-state index contributed by atoms with van der Waals surface area (Å²) in [5, 5.41) is 10.6. The van der Waals surface area contributed by atoms with E-state index in [1.54, 1.807) is 36.5 Å². The fourth-order valence-electron chi connectivity index (χ4n) is 4.08. The number of methoxy groups -OCH3 is 1. The number of carbonyl (C=O) groups excluding carboxylic acids is 1. The first-order chi connectivity index (χ1) is 15.1. The summed E-state index contributed by atoms with van der Waals surface area (Å²) in [6, 6.07) is 9.48. The van der Waals surface area contributed by atoms with E-state index in [9.17, 15) is 14.7 Å². The van der Waals surface area contributed by atoms with Gasteiger partial charge in [-0.2, -0.15) is 0 Å². The van der Waals surface area contributed by atoms with Crippen molar-refractivity contribution in [3.05, 3.63) is 76.6 Å². The van der Waals surface area contributed by atoms with Crippen molar-refractivity contribution in [2.75, 3.05) is 13.7 Å². The van der Waals surface area contributed by atoms with Crippen LogP contribution in [0.15, 0.2) is 59.9 Å². The molecule has 2 aliphatic heterocycles. The maximum Gasteiger partial charge on any atom is 0.345 e. The van der Waals surface area contributed by atoms with Crippen molar-refractivity contribution in [1.29, 1.82) is 0 Å². The van der Waals surface area contributed by atoms with Crippen molar-refractivity contribution in [1.82, 2.24) is 14.9 Å². The predicted molar refractivity (Wildman–Crippen MR) is 112 cm³/mol. The number of ketones is 1. The molecule has 0 atom stereocenters. The Kier molecular flexibility index (Phi) is 4.47. The largest absolute Gasteiger partial charge is 0.496 e. The van der Waals surface area contributed by atoms with Gasteiger partial charge in [-0.25, -0.2) is 9.78 Å². The fourth-order valence-corrected chi connectivity index (χ4v) is 4.08. The highest BCUT2D eigenvalue weighted by Crippen LogP contribution is 2.35. The molecule has 0 unspecified atom stereocenters. The van der Waals surface area contributed by atoms with Crippen LogP contribution in [-0.4, -0.2) is 45.4 Å². The Labute approximate surface area is 177 Å². The van der Waals surface area contributed by atoms with E-state index in [-0.39, 0.29) is 17.2 Å². The maximum absolute atomic E-state index is 12.9. The number of hydrogen-bond acceptors (Lipinski definition) is 6. The first-order valence-corrected chi connectivity index (χ1v) is 9.80. The third-order valence-electron chi connectivity index (χ3n) is 5.59. The summed E-state index contributed by atoms with van der Waals surface area (Å²) in [5.41, 5.74) is 3.11. The van der Waals surface area contributed by atoms with Gasteiger partial charge in [0.25, 0.3) is 0 Å². The molecular formula is C23H19N3O5. The first kappa shape index (κ1) is 18.9. The average Bonchev–Trinajstić information content (AvgIpc) is 3.34. The van der Waals surface area contributed by atoms with Gasteiger partial charge >= 0.3 is 5.97 Å². The molecule has 2 aromatic heterocycles. The van der Waals surface area contributed by atoms with Crippen LogP contribution in [0.2, 0.25) is 0 Å². The number of nitrogens with one attached hydrogen (secondary N) is 1. The van der Waals surface area contributed by atoms with E-state index in [1.807, 2.05) is 24.3 Å². The number of ether oxygens (including phenoxy) is 2. The van der Waals surface area contributed by atoms with E-state index < -0.39 is 11.8 Å². The number of nitrogens with zero attached hydrogens (tertiary/aromatic N) is 2. The number of pyridine rings is 1. The van der Waals surface area contributed by atoms with Gasteiger partial charge in [-0.1, -0.05) is 12.1 Å². The lowest BCUT2D eigenvalue weighted by atomic mass is 9.98. The van der Waals surface area contributed by atoms with Crippen molar-refractivity contribution in [2.45, 2.75) is 13.0 Å². The molecule has 8 nitrogen and oxygen atoms in total. The Morgan fingerprint density at radius 2 is 2.19 bits per heavy atom. The number of aromatic amines is 1. The molecule has 4 heterocycles. The molecule has 0 spiro atoms. The van der Waals surface area contributed by atoms with Gasteiger partial charge in [0.15, 0.2) is 11.3 Å². The summed E-state index contributed by atoms with van der Waals surface area (Å²) in [6.45, 7) is 0.923. The smallest absolute Gasteiger partial charge is 0.345 e. The Balaban J connectivity index is 1.51. The standard InChI is InChI=1S/C23H19N3O5/c1-30-17-6-2-4-13-7-9-26(12-16(13)17)22-19(23(28)29)20(27)18(31-22)10-14-11-25-21-15(14)5-3-8-24-21/h2-6,8,10-11H,7,9,12H2,1H3,(H,24,25)(H,28,29)/b18-10-. The molecule has 5 rings (SSSR count). The van der Waals surface area contributed by atoms with Crippen LogP contribution in [-0.2, 0) is 27.3 Å². The molecule has 0 aliphatic carbocycles. The number of hydrogen-bond donors (Lipinski definition) is 2. The molecule has 2 aliphatic rings. The second-order valence-electron chi connectivity index (χ2n) is 7.34. The van der Waals surface area contributed by atoms with Gasteiger partial charge in [0, 0.05) is 42.0 Å². The topological polar surface area (TPSA) is 105 Å². The molecule has 3 aromatic rings. The Hall–Kier alpha value is -4.07. The molecule has 2 N–H and O–H groups in total. The number of fused-ring (bicyclic) bond motifs is 2. The highest BCUT2D eigenvalue weighted by molar-refractivity contribution is 6.26. The van der Waals surface area contributed by atoms with Crippen LogP contribution in [0.3, 0.4) is 0 Å². The molecule has 1 aromatic carbocycles. The monoisotopic (exact) mass is 417 g/mol. The first-order valence-electron chi connectivity index (χ1n) is 9.80. The molecule has 0 saturated heterocycles. The van der Waals surface area contributed by atoms with Gasteiger partial charge < -0.3 is 24.5 Å². The Morgan fingerprint density at radius 3 is 3.00 bits per heavy atom. The van der Waals surface area contributed by atoms with Crippen LogP contribution < -0.4 is 4.74 Å². The number of aliphatic carboxylic acids is 1. The van der Waals surface area contributed by atoms with Crippen molar-refractivity contribution in [3.8, 4) is 5.75 Å². The third kappa shape index (κ3) is 3.13. The minimum Gasteiger partial charge on any atom is -0.496 e. The lowest BCUT2D eigenvalue weighted by Gasteiger charge is -2.31. The molecule has 0 saturated carbocycles. The van der Waals surface area contributed by atoms with E-state index in [0.717, 1.165) is 22.3 Å². The molecule has 8 heteroatoms. The molecule has 0 bridgehead atoms. The lowest BCUT2D eigenvalue weighted by Crippen LogP contribution is -2.31.